The van der Waals surface area contributed by atoms with Gasteiger partial charge in [-0.2, -0.15) is 0 Å². The van der Waals surface area contributed by atoms with Gasteiger partial charge in [0.25, 0.3) is 0 Å². The summed E-state index contributed by atoms with van der Waals surface area (Å²) in [5, 5.41) is 4.95. The number of piperazine rings is 1. The van der Waals surface area contributed by atoms with Crippen molar-refractivity contribution in [3.63, 3.8) is 0 Å². The molecule has 10 heteroatoms. The number of rotatable bonds is 3. The number of nitrogens with two attached hydrogens (primary N) is 1. The normalized spacial score (nSPS) is 15.5. The van der Waals surface area contributed by atoms with Gasteiger partial charge in [-0.3, -0.25) is 4.98 Å². The Kier molecular flexibility index (Phi) is 4.84. The van der Waals surface area contributed by atoms with E-state index >= 15 is 4.39 Å². The number of primary amides is 1. The fourth-order valence-corrected chi connectivity index (χ4v) is 4.21. The van der Waals surface area contributed by atoms with Crippen molar-refractivity contribution in [3.05, 3.63) is 65.6 Å². The molecule has 3 aromatic heterocycles. The molecule has 1 atom stereocenters. The summed E-state index contributed by atoms with van der Waals surface area (Å²) < 4.78 is 31.8. The fourth-order valence-electron chi connectivity index (χ4n) is 4.21. The zero-order valence-electron chi connectivity index (χ0n) is 17.4. The molecule has 164 valence electrons. The second-order valence-electron chi connectivity index (χ2n) is 7.83. The lowest BCUT2D eigenvalue weighted by atomic mass is 9.95. The number of carbonyl (C=O) groups is 1. The van der Waals surface area contributed by atoms with Crippen LogP contribution in [0.2, 0.25) is 0 Å². The molecule has 0 saturated carbocycles. The molecule has 1 fully saturated rings. The van der Waals surface area contributed by atoms with E-state index in [1.54, 1.807) is 34.7 Å². The summed E-state index contributed by atoms with van der Waals surface area (Å²) >= 11 is 0. The third-order valence-corrected chi connectivity index (χ3v) is 6.00. The van der Waals surface area contributed by atoms with Crippen LogP contribution in [-0.2, 0) is 0 Å². The molecule has 5 rings (SSSR count). The van der Waals surface area contributed by atoms with Crippen molar-refractivity contribution < 1.29 is 13.6 Å². The molecule has 32 heavy (non-hydrogen) atoms. The number of aromatic nitrogens is 4. The second-order valence-corrected chi connectivity index (χ2v) is 7.83. The van der Waals surface area contributed by atoms with Crippen LogP contribution in [0.15, 0.2) is 42.7 Å². The summed E-state index contributed by atoms with van der Waals surface area (Å²) in [6.07, 6.45) is 3.09. The van der Waals surface area contributed by atoms with Crippen molar-refractivity contribution in [1.82, 2.24) is 24.5 Å². The zero-order valence-corrected chi connectivity index (χ0v) is 17.4. The van der Waals surface area contributed by atoms with Gasteiger partial charge >= 0.3 is 6.03 Å². The molecule has 0 unspecified atom stereocenters. The van der Waals surface area contributed by atoms with E-state index in [1.807, 2.05) is 17.0 Å². The molecule has 2 amide bonds. The highest BCUT2D eigenvalue weighted by molar-refractivity contribution is 5.80. The number of hydrogen-bond donors (Lipinski definition) is 1. The van der Waals surface area contributed by atoms with Gasteiger partial charge < -0.3 is 15.5 Å². The molecule has 4 heterocycles. The van der Waals surface area contributed by atoms with Crippen LogP contribution in [-0.4, -0.2) is 56.7 Å². The van der Waals surface area contributed by atoms with Crippen LogP contribution >= 0.6 is 0 Å². The molecule has 8 nitrogen and oxygen atoms in total. The standard InChI is InChI=1S/C22H21F2N7O/c1-13(20-15(23)11-16-14(21(20)24)3-2-6-26-16)17-12-27-18-4-5-19(28-31(17)18)29-7-9-30(10-8-29)22(25)32/h2-6,11-13H,7-10H2,1H3,(H2,25,32)/t13-/m1/s1. The average molecular weight is 437 g/mol. The van der Waals surface area contributed by atoms with Crippen LogP contribution < -0.4 is 10.6 Å². The predicted octanol–water partition coefficient (Wildman–Crippen LogP) is 2.91. The smallest absolute Gasteiger partial charge is 0.314 e. The lowest BCUT2D eigenvalue weighted by Crippen LogP contribution is -2.50. The number of imidazole rings is 1. The molecule has 1 saturated heterocycles. The molecule has 1 aromatic carbocycles. The van der Waals surface area contributed by atoms with Crippen LogP contribution in [0.25, 0.3) is 16.6 Å². The number of hydrogen-bond acceptors (Lipinski definition) is 5. The predicted molar refractivity (Wildman–Crippen MR) is 116 cm³/mol. The van der Waals surface area contributed by atoms with Crippen LogP contribution in [0.5, 0.6) is 0 Å². The third kappa shape index (κ3) is 3.28. The molecule has 1 aliphatic heterocycles. The van der Waals surface area contributed by atoms with Crippen LogP contribution in [0, 0.1) is 11.6 Å². The van der Waals surface area contributed by atoms with Gasteiger partial charge in [-0.1, -0.05) is 6.92 Å². The quantitative estimate of drug-likeness (QED) is 0.532. The van der Waals surface area contributed by atoms with Crippen molar-refractivity contribution >= 4 is 28.4 Å². The van der Waals surface area contributed by atoms with Gasteiger partial charge in [-0.05, 0) is 24.3 Å². The highest BCUT2D eigenvalue weighted by Gasteiger charge is 2.25. The van der Waals surface area contributed by atoms with Crippen molar-refractivity contribution in [2.75, 3.05) is 31.1 Å². The van der Waals surface area contributed by atoms with E-state index in [-0.39, 0.29) is 16.5 Å². The molecule has 1 aliphatic rings. The highest BCUT2D eigenvalue weighted by Crippen LogP contribution is 2.33. The highest BCUT2D eigenvalue weighted by atomic mass is 19.1. The van der Waals surface area contributed by atoms with E-state index in [9.17, 15) is 9.18 Å². The van der Waals surface area contributed by atoms with Gasteiger partial charge in [0.1, 0.15) is 17.5 Å². The monoisotopic (exact) mass is 437 g/mol. The van der Waals surface area contributed by atoms with Crippen LogP contribution in [0.3, 0.4) is 0 Å². The van der Waals surface area contributed by atoms with Crippen molar-refractivity contribution in [2.24, 2.45) is 5.73 Å². The van der Waals surface area contributed by atoms with E-state index in [0.29, 0.717) is 43.3 Å². The molecule has 2 N–H and O–H groups in total. The van der Waals surface area contributed by atoms with Crippen molar-refractivity contribution in [3.8, 4) is 0 Å². The Morgan fingerprint density at radius 1 is 1.12 bits per heavy atom. The Morgan fingerprint density at radius 3 is 2.66 bits per heavy atom. The Morgan fingerprint density at radius 2 is 1.91 bits per heavy atom. The summed E-state index contributed by atoms with van der Waals surface area (Å²) in [5.41, 5.74) is 6.72. The van der Waals surface area contributed by atoms with E-state index in [0.717, 1.165) is 0 Å². The minimum absolute atomic E-state index is 0.0467. The second kappa shape index (κ2) is 7.70. The number of pyridine rings is 1. The van der Waals surface area contributed by atoms with E-state index in [1.165, 1.54) is 12.3 Å². The summed E-state index contributed by atoms with van der Waals surface area (Å²) in [6.45, 7) is 3.91. The Balaban J connectivity index is 1.52. The lowest BCUT2D eigenvalue weighted by molar-refractivity contribution is 0.204. The minimum Gasteiger partial charge on any atom is -0.352 e. The maximum absolute atomic E-state index is 15.3. The Labute approximate surface area is 182 Å². The number of urea groups is 1. The van der Waals surface area contributed by atoms with Gasteiger partial charge in [0, 0.05) is 55.3 Å². The number of halogens is 2. The first-order valence-electron chi connectivity index (χ1n) is 10.3. The van der Waals surface area contributed by atoms with Gasteiger partial charge in [0.2, 0.25) is 0 Å². The fraction of sp³-hybridized carbons (Fsp3) is 0.273. The molecular formula is C22H21F2N7O. The van der Waals surface area contributed by atoms with Crippen molar-refractivity contribution in [1.29, 1.82) is 0 Å². The number of anilines is 1. The topological polar surface area (TPSA) is 92.6 Å². The maximum Gasteiger partial charge on any atom is 0.314 e. The van der Waals surface area contributed by atoms with Gasteiger partial charge in [-0.25, -0.2) is 23.1 Å². The van der Waals surface area contributed by atoms with E-state index in [2.05, 4.69) is 15.1 Å². The number of amides is 2. The van der Waals surface area contributed by atoms with Gasteiger partial charge in [-0.15, -0.1) is 5.10 Å². The number of nitrogens with zero attached hydrogens (tertiary/aromatic N) is 6. The average Bonchev–Trinajstić information content (AvgIpc) is 3.22. The lowest BCUT2D eigenvalue weighted by Gasteiger charge is -2.34. The van der Waals surface area contributed by atoms with Crippen molar-refractivity contribution in [2.45, 2.75) is 12.8 Å². The van der Waals surface area contributed by atoms with Crippen LogP contribution in [0.1, 0.15) is 24.1 Å². The molecular weight excluding hydrogens is 416 g/mol. The number of benzene rings is 1. The summed E-state index contributed by atoms with van der Waals surface area (Å²) in [4.78, 5) is 23.4. The number of carbonyl (C=O) groups excluding carboxylic acids is 1. The maximum atomic E-state index is 15.3. The first-order valence-corrected chi connectivity index (χ1v) is 10.3. The zero-order chi connectivity index (χ0) is 22.4. The molecule has 0 aliphatic carbocycles. The van der Waals surface area contributed by atoms with E-state index in [4.69, 9.17) is 5.73 Å². The molecule has 0 radical (unpaired) electrons. The summed E-state index contributed by atoms with van der Waals surface area (Å²) in [5.74, 6) is -1.23. The molecule has 4 aromatic rings. The van der Waals surface area contributed by atoms with E-state index < -0.39 is 23.6 Å². The summed E-state index contributed by atoms with van der Waals surface area (Å²) in [7, 11) is 0. The van der Waals surface area contributed by atoms with Gasteiger partial charge in [0.15, 0.2) is 5.65 Å². The minimum atomic E-state index is -0.658. The van der Waals surface area contributed by atoms with Crippen LogP contribution in [0.4, 0.5) is 19.4 Å². The first-order chi connectivity index (χ1) is 15.4. The Bertz CT molecular complexity index is 1330. The Hall–Kier alpha value is -3.82. The third-order valence-electron chi connectivity index (χ3n) is 6.00. The summed E-state index contributed by atoms with van der Waals surface area (Å²) in [6, 6.07) is 7.69. The largest absolute Gasteiger partial charge is 0.352 e. The van der Waals surface area contributed by atoms with Gasteiger partial charge in [0.05, 0.1) is 17.4 Å². The molecule has 0 bridgehead atoms. The SMILES string of the molecule is C[C@@H](c1c(F)cc2ncccc2c1F)c1cnc2ccc(N3CCN(C(N)=O)CC3)nn12. The first kappa shape index (κ1) is 20.1. The molecule has 0 spiro atoms. The number of fused-ring (bicyclic) bond motifs is 2.